The molecule has 5 nitrogen and oxygen atoms in total. The third-order valence-corrected chi connectivity index (χ3v) is 3.93. The van der Waals surface area contributed by atoms with Crippen LogP contribution in [0.5, 0.6) is 0 Å². The van der Waals surface area contributed by atoms with Crippen LogP contribution in [0.4, 0.5) is 0 Å². The number of hydrogen-bond acceptors (Lipinski definition) is 5. The second kappa shape index (κ2) is 5.60. The number of Topliss-reactive ketones (excluding diaryl/α,β-unsaturated/α-hetero) is 1. The minimum Gasteiger partial charge on any atom is -0.506 e. The van der Waals surface area contributed by atoms with Crippen LogP contribution >= 0.6 is 0 Å². The van der Waals surface area contributed by atoms with Crippen LogP contribution in [0.3, 0.4) is 0 Å². The highest BCUT2D eigenvalue weighted by Crippen LogP contribution is 2.42. The molecule has 1 fully saturated rings. The molecule has 3 rings (SSSR count). The normalized spacial score (nSPS) is 27.6. The molecule has 1 atom stereocenters. The van der Waals surface area contributed by atoms with E-state index in [1.54, 1.807) is 30.3 Å². The topological polar surface area (TPSA) is 79.1 Å². The first kappa shape index (κ1) is 16.5. The van der Waals surface area contributed by atoms with Crippen LogP contribution in [-0.2, 0) is 9.53 Å². The standard InChI is InChI=1S/C19H21NO4/c1-18(2,3)20-16-14(15(21)12-8-5-4-6-9-12)17(22)19(16,23)13-10-7-11-24-13/h4-6,8-10,21,23H,7,11H2,1-3H3/b15-14-,20-16?. The summed E-state index contributed by atoms with van der Waals surface area (Å²) >= 11 is 0. The summed E-state index contributed by atoms with van der Waals surface area (Å²) in [5.41, 5.74) is -1.71. The van der Waals surface area contributed by atoms with E-state index in [2.05, 4.69) is 4.99 Å². The molecule has 0 saturated heterocycles. The van der Waals surface area contributed by atoms with Gasteiger partial charge in [0.15, 0.2) is 0 Å². The Labute approximate surface area is 141 Å². The van der Waals surface area contributed by atoms with Crippen molar-refractivity contribution >= 4 is 17.3 Å². The number of aliphatic hydroxyl groups is 2. The Balaban J connectivity index is 2.15. The molecule has 0 spiro atoms. The van der Waals surface area contributed by atoms with Crippen molar-refractivity contribution in [1.82, 2.24) is 0 Å². The van der Waals surface area contributed by atoms with E-state index in [-0.39, 0.29) is 22.8 Å². The van der Waals surface area contributed by atoms with Gasteiger partial charge in [0.1, 0.15) is 11.5 Å². The zero-order valence-electron chi connectivity index (χ0n) is 14.0. The first-order chi connectivity index (χ1) is 11.2. The molecule has 2 aliphatic rings. The molecule has 0 radical (unpaired) electrons. The van der Waals surface area contributed by atoms with Gasteiger partial charge in [0.25, 0.3) is 0 Å². The van der Waals surface area contributed by atoms with Crippen molar-refractivity contribution < 1.29 is 19.7 Å². The fraction of sp³-hybridized carbons (Fsp3) is 0.368. The first-order valence-electron chi connectivity index (χ1n) is 7.95. The average Bonchev–Trinajstić information content (AvgIpc) is 3.08. The van der Waals surface area contributed by atoms with Gasteiger partial charge in [-0.3, -0.25) is 9.79 Å². The molecule has 126 valence electrons. The average molecular weight is 327 g/mol. The summed E-state index contributed by atoms with van der Waals surface area (Å²) in [6.07, 6.45) is 2.34. The van der Waals surface area contributed by atoms with E-state index in [1.165, 1.54) is 0 Å². The molecule has 1 saturated carbocycles. The van der Waals surface area contributed by atoms with E-state index in [0.717, 1.165) is 0 Å². The van der Waals surface area contributed by atoms with E-state index in [0.29, 0.717) is 18.6 Å². The number of ether oxygens (including phenoxy) is 1. The number of rotatable bonds is 2. The van der Waals surface area contributed by atoms with Crippen molar-refractivity contribution in [2.45, 2.75) is 38.3 Å². The Kier molecular flexibility index (Phi) is 3.84. The minimum atomic E-state index is -1.90. The molecular weight excluding hydrogens is 306 g/mol. The maximum Gasteiger partial charge on any atom is 0.228 e. The second-order valence-electron chi connectivity index (χ2n) is 6.97. The highest BCUT2D eigenvalue weighted by Gasteiger charge is 2.61. The van der Waals surface area contributed by atoms with Gasteiger partial charge in [-0.25, -0.2) is 0 Å². The summed E-state index contributed by atoms with van der Waals surface area (Å²) in [7, 11) is 0. The monoisotopic (exact) mass is 327 g/mol. The van der Waals surface area contributed by atoms with E-state index < -0.39 is 16.9 Å². The third-order valence-electron chi connectivity index (χ3n) is 3.93. The van der Waals surface area contributed by atoms with Crippen LogP contribution in [0, 0.1) is 0 Å². The summed E-state index contributed by atoms with van der Waals surface area (Å²) < 4.78 is 5.41. The summed E-state index contributed by atoms with van der Waals surface area (Å²) in [5, 5.41) is 21.5. The van der Waals surface area contributed by atoms with Crippen LogP contribution < -0.4 is 0 Å². The maximum atomic E-state index is 12.7. The molecule has 24 heavy (non-hydrogen) atoms. The van der Waals surface area contributed by atoms with Gasteiger partial charge < -0.3 is 14.9 Å². The van der Waals surface area contributed by atoms with Gasteiger partial charge in [-0.05, 0) is 26.8 Å². The van der Waals surface area contributed by atoms with Crippen molar-refractivity contribution in [2.24, 2.45) is 4.99 Å². The van der Waals surface area contributed by atoms with Gasteiger partial charge in [0, 0.05) is 12.0 Å². The predicted molar refractivity (Wildman–Crippen MR) is 91.8 cm³/mol. The number of aliphatic hydroxyl groups excluding tert-OH is 1. The highest BCUT2D eigenvalue weighted by molar-refractivity contribution is 6.49. The molecule has 1 aliphatic carbocycles. The van der Waals surface area contributed by atoms with Gasteiger partial charge >= 0.3 is 0 Å². The van der Waals surface area contributed by atoms with Gasteiger partial charge in [-0.15, -0.1) is 0 Å². The van der Waals surface area contributed by atoms with Crippen LogP contribution in [0.15, 0.2) is 52.7 Å². The molecule has 1 heterocycles. The van der Waals surface area contributed by atoms with Crippen LogP contribution in [0.1, 0.15) is 32.8 Å². The SMILES string of the molecule is CC(C)(C)N=C1/C(=C(/O)c2ccccc2)C(=O)C1(O)C1=CCCO1. The molecule has 0 amide bonds. The van der Waals surface area contributed by atoms with Crippen LogP contribution in [0.2, 0.25) is 0 Å². The minimum absolute atomic E-state index is 0.0509. The molecule has 0 bridgehead atoms. The number of nitrogens with zero attached hydrogens (tertiary/aromatic N) is 1. The van der Waals surface area contributed by atoms with Crippen LogP contribution in [0.25, 0.3) is 5.76 Å². The van der Waals surface area contributed by atoms with Gasteiger partial charge in [-0.2, -0.15) is 0 Å². The summed E-state index contributed by atoms with van der Waals surface area (Å²) in [6, 6.07) is 8.76. The van der Waals surface area contributed by atoms with E-state index in [1.807, 2.05) is 26.8 Å². The predicted octanol–water partition coefficient (Wildman–Crippen LogP) is 2.81. The number of aliphatic imine (C=N–C) groups is 1. The largest absolute Gasteiger partial charge is 0.506 e. The Morgan fingerprint density at radius 1 is 1.25 bits per heavy atom. The molecule has 0 aromatic heterocycles. The zero-order chi connectivity index (χ0) is 17.5. The van der Waals surface area contributed by atoms with Crippen molar-refractivity contribution in [3.63, 3.8) is 0 Å². The highest BCUT2D eigenvalue weighted by atomic mass is 16.5. The number of carbonyl (C=O) groups is 1. The fourth-order valence-electron chi connectivity index (χ4n) is 2.85. The van der Waals surface area contributed by atoms with Crippen molar-refractivity contribution in [1.29, 1.82) is 0 Å². The number of hydrogen-bond donors (Lipinski definition) is 2. The number of carbonyl (C=O) groups excluding carboxylic acids is 1. The van der Waals surface area contributed by atoms with E-state index in [9.17, 15) is 15.0 Å². The van der Waals surface area contributed by atoms with Crippen molar-refractivity contribution in [3.05, 3.63) is 53.3 Å². The van der Waals surface area contributed by atoms with Gasteiger partial charge in [-0.1, -0.05) is 30.3 Å². The Morgan fingerprint density at radius 2 is 1.92 bits per heavy atom. The molecule has 1 aromatic carbocycles. The van der Waals surface area contributed by atoms with Gasteiger partial charge in [0.05, 0.1) is 23.4 Å². The van der Waals surface area contributed by atoms with Crippen molar-refractivity contribution in [3.8, 4) is 0 Å². The lowest BCUT2D eigenvalue weighted by Gasteiger charge is -2.40. The molecule has 5 heteroatoms. The lowest BCUT2D eigenvalue weighted by atomic mass is 9.69. The lowest BCUT2D eigenvalue weighted by molar-refractivity contribution is -0.129. The smallest absolute Gasteiger partial charge is 0.228 e. The molecule has 2 N–H and O–H groups in total. The lowest BCUT2D eigenvalue weighted by Crippen LogP contribution is -2.62. The van der Waals surface area contributed by atoms with E-state index >= 15 is 0 Å². The summed E-state index contributed by atoms with van der Waals surface area (Å²) in [4.78, 5) is 17.2. The Morgan fingerprint density at radius 3 is 2.46 bits per heavy atom. The molecule has 1 aromatic rings. The second-order valence-corrected chi connectivity index (χ2v) is 6.97. The van der Waals surface area contributed by atoms with E-state index in [4.69, 9.17) is 4.74 Å². The fourth-order valence-corrected chi connectivity index (χ4v) is 2.85. The Bertz CT molecular complexity index is 768. The Hall–Kier alpha value is -2.40. The van der Waals surface area contributed by atoms with Gasteiger partial charge in [0.2, 0.25) is 11.4 Å². The quantitative estimate of drug-likeness (QED) is 0.647. The molecule has 1 unspecified atom stereocenters. The maximum absolute atomic E-state index is 12.7. The van der Waals surface area contributed by atoms with Crippen molar-refractivity contribution in [2.75, 3.05) is 6.61 Å². The summed E-state index contributed by atoms with van der Waals surface area (Å²) in [6.45, 7) is 6.02. The first-order valence-corrected chi connectivity index (χ1v) is 7.95. The summed E-state index contributed by atoms with van der Waals surface area (Å²) in [5.74, 6) is -0.549. The molecular formula is C19H21NO4. The third kappa shape index (κ3) is 2.55. The van der Waals surface area contributed by atoms with Crippen LogP contribution in [-0.4, -0.2) is 39.5 Å². The number of ketones is 1. The molecule has 1 aliphatic heterocycles. The zero-order valence-corrected chi connectivity index (χ0v) is 14.0. The number of benzene rings is 1.